The minimum atomic E-state index is -5.42. The molecule has 0 saturated heterocycles. The van der Waals surface area contributed by atoms with Crippen molar-refractivity contribution in [3.05, 3.63) is 24.3 Å². The molecule has 0 radical (unpaired) electrons. The molecule has 66 valence electrons. The van der Waals surface area contributed by atoms with Crippen LogP contribution >= 0.6 is 0 Å². The Morgan fingerprint density at radius 1 is 1.25 bits per heavy atom. The molecule has 0 aliphatic rings. The van der Waals surface area contributed by atoms with E-state index in [2.05, 4.69) is 3.02 Å². The van der Waals surface area contributed by atoms with E-state index < -0.39 is 20.1 Å². The second kappa shape index (κ2) is 3.39. The van der Waals surface area contributed by atoms with E-state index in [1.165, 1.54) is 24.3 Å². The number of hydrogen-bond acceptors (Lipinski definition) is 3. The molecule has 0 aliphatic heterocycles. The number of phenolic OH excluding ortho intramolecular Hbond substituents is 1. The van der Waals surface area contributed by atoms with Crippen LogP contribution < -0.4 is 3.02 Å². The zero-order valence-electron chi connectivity index (χ0n) is 5.91. The molecule has 0 amide bonds. The third-order valence-corrected chi connectivity index (χ3v) is 2.32. The van der Waals surface area contributed by atoms with Crippen LogP contribution in [0, 0.1) is 0 Å². The summed E-state index contributed by atoms with van der Waals surface area (Å²) >= 11 is -5.42. The van der Waals surface area contributed by atoms with E-state index >= 15 is 0 Å². The second-order valence-electron chi connectivity index (χ2n) is 2.05. The van der Waals surface area contributed by atoms with E-state index in [4.69, 9.17) is 11.9 Å². The van der Waals surface area contributed by atoms with Crippen LogP contribution in [-0.4, -0.2) is 31.9 Å². The quantitative estimate of drug-likeness (QED) is 0.643. The third-order valence-electron chi connectivity index (χ3n) is 1.08. The number of rotatable bonds is 2. The first-order valence-corrected chi connectivity index (χ1v) is 7.39. The molecule has 0 aliphatic carbocycles. The van der Waals surface area contributed by atoms with Gasteiger partial charge in [-0.3, -0.25) is 0 Å². The standard InChI is InChI=1S/C6H6O2.2H2O.O.Sb/c7-5-3-1-2-4-6(5)8;;;;/h1-4,7-8H;2*1H2;;/q;;;;+3/p-3. The molecule has 12 heavy (non-hydrogen) atoms. The summed E-state index contributed by atoms with van der Waals surface area (Å²) in [7, 11) is 0. The molecule has 5 nitrogen and oxygen atoms in total. The number of benzene rings is 1. The Bertz CT molecular complexity index is 317. The molecule has 0 atom stereocenters. The van der Waals surface area contributed by atoms with Crippen LogP contribution in [-0.2, 0) is 3.02 Å². The summed E-state index contributed by atoms with van der Waals surface area (Å²) in [5.41, 5.74) is 0. The number of phenols is 1. The van der Waals surface area contributed by atoms with Crippen molar-refractivity contribution in [3.63, 3.8) is 0 Å². The summed E-state index contributed by atoms with van der Waals surface area (Å²) in [4.78, 5) is 0. The fraction of sp³-hybridized carbons (Fsp3) is 0. The van der Waals surface area contributed by atoms with Gasteiger partial charge < -0.3 is 0 Å². The summed E-state index contributed by atoms with van der Waals surface area (Å²) in [6.07, 6.45) is 0. The Balaban J connectivity index is 2.90. The van der Waals surface area contributed by atoms with Gasteiger partial charge in [-0.15, -0.1) is 0 Å². The predicted octanol–water partition coefficient (Wildman–Crippen LogP) is -0.378. The van der Waals surface area contributed by atoms with Crippen LogP contribution in [0.5, 0.6) is 11.5 Å². The molecule has 0 spiro atoms. The maximum absolute atomic E-state index is 10.4. The Labute approximate surface area is 73.9 Å². The van der Waals surface area contributed by atoms with Gasteiger partial charge in [-0.25, -0.2) is 0 Å². The first-order valence-electron chi connectivity index (χ1n) is 3.02. The molecule has 0 unspecified atom stereocenters. The van der Waals surface area contributed by atoms with Crippen LogP contribution in [0.3, 0.4) is 0 Å². The fourth-order valence-electron chi connectivity index (χ4n) is 0.662. The summed E-state index contributed by atoms with van der Waals surface area (Å²) in [6, 6.07) is 5.59. The number of para-hydroxylation sites is 2. The zero-order chi connectivity index (χ0) is 9.19. The molecule has 0 fully saturated rings. The molecular formula is C6H7O5Sb. The average molecular weight is 281 g/mol. The van der Waals surface area contributed by atoms with Crippen molar-refractivity contribution in [1.29, 1.82) is 0 Å². The molecule has 1 aromatic rings. The van der Waals surface area contributed by atoms with Crippen LogP contribution in [0.15, 0.2) is 24.3 Å². The molecule has 0 saturated carbocycles. The van der Waals surface area contributed by atoms with Gasteiger partial charge in [0.2, 0.25) is 0 Å². The topological polar surface area (TPSA) is 87.0 Å². The number of aromatic hydroxyl groups is 1. The van der Waals surface area contributed by atoms with Gasteiger partial charge in [0.05, 0.1) is 0 Å². The molecule has 0 bridgehead atoms. The Kier molecular flexibility index (Phi) is 2.67. The van der Waals surface area contributed by atoms with E-state index in [-0.39, 0.29) is 11.5 Å². The molecule has 0 heterocycles. The van der Waals surface area contributed by atoms with Gasteiger partial charge >= 0.3 is 73.7 Å². The van der Waals surface area contributed by atoms with Gasteiger partial charge in [0.15, 0.2) is 0 Å². The molecule has 6 heteroatoms. The van der Waals surface area contributed by atoms with E-state index in [1.807, 2.05) is 0 Å². The minimum absolute atomic E-state index is 0.191. The van der Waals surface area contributed by atoms with Gasteiger partial charge in [0, 0.05) is 0 Å². The average Bonchev–Trinajstić information content (AvgIpc) is 1.91. The maximum atomic E-state index is 10.4. The van der Waals surface area contributed by atoms with Gasteiger partial charge in [0.1, 0.15) is 0 Å². The van der Waals surface area contributed by atoms with E-state index in [0.717, 1.165) is 0 Å². The van der Waals surface area contributed by atoms with E-state index in [1.54, 1.807) is 0 Å². The van der Waals surface area contributed by atoms with Crippen LogP contribution in [0.25, 0.3) is 0 Å². The Hall–Kier alpha value is -0.642. The normalized spacial score (nSPS) is 11.2. The van der Waals surface area contributed by atoms with E-state index in [0.29, 0.717) is 0 Å². The van der Waals surface area contributed by atoms with Crippen molar-refractivity contribution in [3.8, 4) is 11.5 Å². The van der Waals surface area contributed by atoms with Gasteiger partial charge in [-0.2, -0.15) is 0 Å². The van der Waals surface area contributed by atoms with Gasteiger partial charge in [0.25, 0.3) is 0 Å². The van der Waals surface area contributed by atoms with Gasteiger partial charge in [-0.1, -0.05) is 0 Å². The predicted molar refractivity (Wildman–Crippen MR) is 39.6 cm³/mol. The third kappa shape index (κ3) is 2.77. The van der Waals surface area contributed by atoms with Crippen molar-refractivity contribution in [2.75, 3.05) is 0 Å². The van der Waals surface area contributed by atoms with Crippen molar-refractivity contribution in [2.24, 2.45) is 0 Å². The Morgan fingerprint density at radius 3 is 2.33 bits per heavy atom. The molecule has 3 N–H and O–H groups in total. The summed E-state index contributed by atoms with van der Waals surface area (Å²) in [5.74, 6) is -0.474. The first kappa shape index (κ1) is 9.45. The van der Waals surface area contributed by atoms with Crippen LogP contribution in [0.2, 0.25) is 0 Å². The van der Waals surface area contributed by atoms with Crippen molar-refractivity contribution < 1.29 is 17.9 Å². The molecule has 0 aromatic heterocycles. The number of hydrogen-bond donors (Lipinski definition) is 3. The first-order chi connectivity index (χ1) is 5.49. The fourth-order valence-corrected chi connectivity index (χ4v) is 1.83. The van der Waals surface area contributed by atoms with Gasteiger partial charge in [-0.05, 0) is 0 Å². The summed E-state index contributed by atoms with van der Waals surface area (Å²) in [6.45, 7) is 0. The molecule has 1 rings (SSSR count). The van der Waals surface area contributed by atoms with Crippen molar-refractivity contribution >= 4 is 20.1 Å². The molecular weight excluding hydrogens is 274 g/mol. The monoisotopic (exact) mass is 280 g/mol. The SMILES string of the molecule is [O]=[Sb]([OH])([OH])[O]c1ccccc1O. The molecule has 1 aromatic carbocycles. The summed E-state index contributed by atoms with van der Waals surface area (Å²) in [5, 5.41) is 9.02. The Morgan fingerprint density at radius 2 is 1.83 bits per heavy atom. The van der Waals surface area contributed by atoms with E-state index in [9.17, 15) is 3.02 Å². The van der Waals surface area contributed by atoms with Crippen molar-refractivity contribution in [2.45, 2.75) is 0 Å². The zero-order valence-corrected chi connectivity index (χ0v) is 8.47. The van der Waals surface area contributed by atoms with Crippen LogP contribution in [0.4, 0.5) is 0 Å². The second-order valence-corrected chi connectivity index (χ2v) is 5.37. The van der Waals surface area contributed by atoms with Crippen LogP contribution in [0.1, 0.15) is 0 Å². The van der Waals surface area contributed by atoms with Crippen molar-refractivity contribution in [1.82, 2.24) is 0 Å². The summed E-state index contributed by atoms with van der Waals surface area (Å²) < 4.78 is 31.6.